The minimum Gasteiger partial charge on any atom is -0.478 e. The summed E-state index contributed by atoms with van der Waals surface area (Å²) in [4.78, 5) is 105. The fourth-order valence-corrected chi connectivity index (χ4v) is 8.51. The van der Waals surface area contributed by atoms with Crippen LogP contribution in [0.1, 0.15) is 47.5 Å². The zero-order chi connectivity index (χ0) is 41.3. The van der Waals surface area contributed by atoms with Crippen molar-refractivity contribution in [1.82, 2.24) is 34.8 Å². The predicted octanol–water partition coefficient (Wildman–Crippen LogP) is 1.10. The van der Waals surface area contributed by atoms with Crippen LogP contribution in [0.25, 0.3) is 5.78 Å². The van der Waals surface area contributed by atoms with Crippen LogP contribution in [-0.2, 0) is 33.6 Å². The summed E-state index contributed by atoms with van der Waals surface area (Å²) in [6, 6.07) is 3.80. The number of carboxylic acids is 3. The number of rotatable bonds is 14. The van der Waals surface area contributed by atoms with E-state index in [4.69, 9.17) is 20.0 Å². The molecule has 0 saturated carbocycles. The molecule has 3 atom stereocenters. The number of carboxylic acid groups (broad SMARTS) is 3. The summed E-state index contributed by atoms with van der Waals surface area (Å²) in [6.45, 7) is 3.84. The van der Waals surface area contributed by atoms with Crippen LogP contribution in [0.4, 0.5) is 5.13 Å². The highest BCUT2D eigenvalue weighted by Crippen LogP contribution is 2.42. The van der Waals surface area contributed by atoms with Crippen molar-refractivity contribution in [1.29, 1.82) is 0 Å². The van der Waals surface area contributed by atoms with Crippen molar-refractivity contribution in [3.8, 4) is 11.5 Å². The summed E-state index contributed by atoms with van der Waals surface area (Å²) in [5.74, 6) is -8.46. The van der Waals surface area contributed by atoms with Crippen molar-refractivity contribution in [3.63, 3.8) is 0 Å². The Bertz CT molecular complexity index is 2450. The topological polar surface area (TPSA) is 317 Å². The number of carbonyl (C=O) groups excluding carboxylic acids is 4. The minimum absolute atomic E-state index is 0.0107. The van der Waals surface area contributed by atoms with E-state index in [0.29, 0.717) is 16.3 Å². The number of esters is 2. The van der Waals surface area contributed by atoms with Crippen LogP contribution in [0.15, 0.2) is 51.1 Å². The first-order valence-electron chi connectivity index (χ1n) is 16.0. The number of oxime groups is 1. The Morgan fingerprint density at radius 2 is 1.75 bits per heavy atom. The number of β-lactam (4-membered cyclic amide) rings is 1. The number of fused-ring (bicyclic) bond motifs is 2. The van der Waals surface area contributed by atoms with Crippen LogP contribution >= 0.6 is 34.9 Å². The lowest BCUT2D eigenvalue weighted by molar-refractivity contribution is -0.151. The van der Waals surface area contributed by atoms with Crippen molar-refractivity contribution in [2.45, 2.75) is 43.3 Å². The molecule has 6 N–H and O–H groups in total. The Morgan fingerprint density at radius 1 is 1.04 bits per heavy atom. The van der Waals surface area contributed by atoms with Gasteiger partial charge in [0.05, 0.1) is 0 Å². The van der Waals surface area contributed by atoms with Crippen LogP contribution in [0.5, 0.6) is 11.5 Å². The van der Waals surface area contributed by atoms with E-state index in [1.54, 1.807) is 13.0 Å². The van der Waals surface area contributed by atoms with Gasteiger partial charge in [-0.2, -0.15) is 9.50 Å². The van der Waals surface area contributed by atoms with Gasteiger partial charge in [-0.15, -0.1) is 40.0 Å². The van der Waals surface area contributed by atoms with Gasteiger partial charge in [0.15, 0.2) is 22.3 Å². The number of aromatic carboxylic acids is 1. The zero-order valence-electron chi connectivity index (χ0n) is 29.4. The minimum atomic E-state index is -1.92. The number of aryl methyl sites for hydroxylation is 1. The Morgan fingerprint density at radius 3 is 2.39 bits per heavy atom. The molecule has 57 heavy (non-hydrogen) atoms. The number of thiazole rings is 1. The molecule has 0 spiro atoms. The van der Waals surface area contributed by atoms with E-state index in [9.17, 15) is 48.9 Å². The summed E-state index contributed by atoms with van der Waals surface area (Å²) in [6.07, 6.45) is -1.92. The SMILES string of the molecule is CC(=O)Oc1ccc(C(O/N=C(/C(=O)N[C@@H]2C(=O)N3C(C(=O)O)=C(CSc4cc(C)nc5nc(C(=O)O)nn45)CS[C@H]23)c2csc(N)n2)C(=O)O)cc1OC(C)=O. The highest BCUT2D eigenvalue weighted by Gasteiger charge is 2.54. The number of anilines is 1. The molecular formula is C32H27N9O13S3. The van der Waals surface area contributed by atoms with Crippen LogP contribution in [0.2, 0.25) is 0 Å². The largest absolute Gasteiger partial charge is 0.478 e. The number of nitrogens with two attached hydrogens (primary N) is 1. The summed E-state index contributed by atoms with van der Waals surface area (Å²) in [7, 11) is 0. The van der Waals surface area contributed by atoms with Gasteiger partial charge in [0.1, 0.15) is 27.8 Å². The molecular weight excluding hydrogens is 815 g/mol. The Hall–Kier alpha value is -6.60. The molecule has 2 aliphatic rings. The zero-order valence-corrected chi connectivity index (χ0v) is 31.8. The number of benzene rings is 1. The molecule has 2 amide bonds. The number of hydrogen-bond donors (Lipinski definition) is 5. The van der Waals surface area contributed by atoms with Crippen LogP contribution < -0.4 is 20.5 Å². The maximum Gasteiger partial charge on any atom is 0.375 e. The fraction of sp³-hybridized carbons (Fsp3) is 0.250. The van der Waals surface area contributed by atoms with Crippen molar-refractivity contribution < 1.29 is 63.2 Å². The number of hydrogen-bond acceptors (Lipinski definition) is 19. The number of nitrogens with one attached hydrogen (secondary N) is 1. The molecule has 0 radical (unpaired) electrons. The molecule has 0 aliphatic carbocycles. The number of aliphatic carboxylic acids is 2. The molecule has 0 bridgehead atoms. The van der Waals surface area contributed by atoms with Crippen LogP contribution in [0, 0.1) is 6.92 Å². The number of amides is 2. The Labute approximate surface area is 331 Å². The molecule has 5 heterocycles. The van der Waals surface area contributed by atoms with Crippen molar-refractivity contribution in [2.24, 2.45) is 5.16 Å². The van der Waals surface area contributed by atoms with E-state index in [1.165, 1.54) is 33.8 Å². The molecule has 6 rings (SSSR count). The summed E-state index contributed by atoms with van der Waals surface area (Å²) in [5.41, 5.74) is 5.48. The van der Waals surface area contributed by atoms with E-state index in [2.05, 4.69) is 30.5 Å². The fourth-order valence-electron chi connectivity index (χ4n) is 5.43. The molecule has 4 aromatic rings. The molecule has 22 nitrogen and oxygen atoms in total. The van der Waals surface area contributed by atoms with Crippen LogP contribution in [0.3, 0.4) is 0 Å². The van der Waals surface area contributed by atoms with E-state index in [0.717, 1.165) is 47.9 Å². The average Bonchev–Trinajstić information content (AvgIpc) is 3.77. The quantitative estimate of drug-likeness (QED) is 0.0226. The molecule has 3 aromatic heterocycles. The van der Waals surface area contributed by atoms with Crippen molar-refractivity contribution in [3.05, 3.63) is 63.7 Å². The molecule has 1 saturated heterocycles. The standard InChI is InChI=1S/C32H27N9O13S3/c1-11-6-19(41-32(34-11)37-24(38-41)30(50)51)55-8-15-9-56-27-21(26(45)40(27)22(15)28(46)47)36-25(44)20(16-10-57-31(33)35-16)39-54-23(29(48)49)14-4-5-17(52-12(2)42)18(7-14)53-13(3)43/h4-7,10,21,23,27H,8-9H2,1-3H3,(H2,33,35)(H,36,44)(H,46,47)(H,48,49)(H,50,51)/b39-20+/t21-,23?,27-/m1/s1. The van der Waals surface area contributed by atoms with Crippen molar-refractivity contribution >= 4 is 93.1 Å². The number of thioether (sulfide) groups is 2. The second-order valence-electron chi connectivity index (χ2n) is 11.8. The van der Waals surface area contributed by atoms with Gasteiger partial charge in [0.25, 0.3) is 23.4 Å². The summed E-state index contributed by atoms with van der Waals surface area (Å²) < 4.78 is 11.3. The van der Waals surface area contributed by atoms with Crippen LogP contribution in [-0.4, -0.2) is 115 Å². The summed E-state index contributed by atoms with van der Waals surface area (Å²) >= 11 is 3.22. The number of nitrogens with zero attached hydrogens (tertiary/aromatic N) is 7. The lowest BCUT2D eigenvalue weighted by atomic mass is 10.0. The second kappa shape index (κ2) is 16.2. The maximum absolute atomic E-state index is 13.7. The van der Waals surface area contributed by atoms with E-state index >= 15 is 0 Å². The van der Waals surface area contributed by atoms with Gasteiger partial charge in [0, 0.05) is 42.0 Å². The summed E-state index contributed by atoms with van der Waals surface area (Å²) in [5, 5.41) is 40.7. The normalized spacial score (nSPS) is 17.0. The molecule has 1 fully saturated rings. The third-order valence-electron chi connectivity index (χ3n) is 7.76. The Balaban J connectivity index is 1.22. The lowest BCUT2D eigenvalue weighted by Gasteiger charge is -2.49. The van der Waals surface area contributed by atoms with E-state index in [1.807, 2.05) is 0 Å². The second-order valence-corrected chi connectivity index (χ2v) is 14.8. The number of carbonyl (C=O) groups is 7. The third-order valence-corrected chi connectivity index (χ3v) is 10.9. The van der Waals surface area contributed by atoms with Gasteiger partial charge >= 0.3 is 29.8 Å². The van der Waals surface area contributed by atoms with Gasteiger partial charge < -0.3 is 40.7 Å². The first kappa shape index (κ1) is 40.1. The number of aromatic nitrogens is 5. The highest BCUT2D eigenvalue weighted by molar-refractivity contribution is 8.01. The number of nitrogen functional groups attached to an aromatic ring is 1. The molecule has 2 aliphatic heterocycles. The molecule has 25 heteroatoms. The smallest absolute Gasteiger partial charge is 0.375 e. The van der Waals surface area contributed by atoms with Crippen molar-refractivity contribution in [2.75, 3.05) is 17.2 Å². The molecule has 1 unspecified atom stereocenters. The lowest BCUT2D eigenvalue weighted by Crippen LogP contribution is -2.71. The third kappa shape index (κ3) is 8.48. The predicted molar refractivity (Wildman–Crippen MR) is 196 cm³/mol. The average molecular weight is 842 g/mol. The van der Waals surface area contributed by atoms with E-state index < -0.39 is 70.7 Å². The van der Waals surface area contributed by atoms with Gasteiger partial charge in [-0.25, -0.2) is 24.4 Å². The van der Waals surface area contributed by atoms with E-state index in [-0.39, 0.29) is 50.9 Å². The first-order valence-corrected chi connectivity index (χ1v) is 18.9. The Kier molecular flexibility index (Phi) is 11.4. The molecule has 296 valence electrons. The highest BCUT2D eigenvalue weighted by atomic mass is 32.2. The van der Waals surface area contributed by atoms with Gasteiger partial charge in [-0.3, -0.25) is 24.1 Å². The number of ether oxygens (including phenoxy) is 2. The first-order chi connectivity index (χ1) is 27.0. The van der Waals surface area contributed by atoms with Gasteiger partial charge in [-0.1, -0.05) is 11.2 Å². The monoisotopic (exact) mass is 841 g/mol. The van der Waals surface area contributed by atoms with Gasteiger partial charge in [-0.05, 0) is 30.7 Å². The maximum atomic E-state index is 13.7. The molecule has 1 aromatic carbocycles. The van der Waals surface area contributed by atoms with Gasteiger partial charge in [0.2, 0.25) is 6.10 Å².